The summed E-state index contributed by atoms with van der Waals surface area (Å²) in [6, 6.07) is 6.12. The molecule has 0 radical (unpaired) electrons. The quantitative estimate of drug-likeness (QED) is 0.861. The number of nitrogens with one attached hydrogen (secondary N) is 1. The SMILES string of the molecule is Cl.Clc1ccc(Br)cc1CN1CCC2CNCC2C1. The molecule has 0 spiro atoms. The number of hydrogen-bond acceptors (Lipinski definition) is 2. The fourth-order valence-electron chi connectivity index (χ4n) is 3.16. The summed E-state index contributed by atoms with van der Waals surface area (Å²) in [4.78, 5) is 2.54. The van der Waals surface area contributed by atoms with Gasteiger partial charge in [-0.2, -0.15) is 0 Å². The van der Waals surface area contributed by atoms with E-state index < -0.39 is 0 Å². The fourth-order valence-corrected chi connectivity index (χ4v) is 3.74. The number of benzene rings is 1. The Kier molecular flexibility index (Phi) is 5.55. The maximum atomic E-state index is 6.27. The van der Waals surface area contributed by atoms with Gasteiger partial charge in [-0.05, 0) is 61.7 Å². The van der Waals surface area contributed by atoms with E-state index in [1.807, 2.05) is 12.1 Å². The molecule has 1 aromatic carbocycles. The van der Waals surface area contributed by atoms with Gasteiger partial charge < -0.3 is 5.32 Å². The lowest BCUT2D eigenvalue weighted by Gasteiger charge is -2.34. The van der Waals surface area contributed by atoms with Crippen LogP contribution < -0.4 is 5.32 Å². The van der Waals surface area contributed by atoms with Crippen LogP contribution in [0.25, 0.3) is 0 Å². The van der Waals surface area contributed by atoms with E-state index in [9.17, 15) is 0 Å². The van der Waals surface area contributed by atoms with E-state index in [1.54, 1.807) is 0 Å². The highest BCUT2D eigenvalue weighted by Gasteiger charge is 2.32. The molecule has 2 heterocycles. The van der Waals surface area contributed by atoms with Crippen molar-refractivity contribution in [2.45, 2.75) is 13.0 Å². The summed E-state index contributed by atoms with van der Waals surface area (Å²) in [6.07, 6.45) is 1.32. The monoisotopic (exact) mass is 364 g/mol. The van der Waals surface area contributed by atoms with E-state index >= 15 is 0 Å². The van der Waals surface area contributed by atoms with Crippen molar-refractivity contribution in [1.82, 2.24) is 10.2 Å². The van der Waals surface area contributed by atoms with Crippen LogP contribution in [0.3, 0.4) is 0 Å². The minimum Gasteiger partial charge on any atom is -0.316 e. The van der Waals surface area contributed by atoms with Gasteiger partial charge in [0.15, 0.2) is 0 Å². The molecule has 2 unspecified atom stereocenters. The molecule has 1 aromatic rings. The van der Waals surface area contributed by atoms with Crippen LogP contribution in [0.4, 0.5) is 0 Å². The van der Waals surface area contributed by atoms with Crippen LogP contribution >= 0.6 is 39.9 Å². The molecule has 2 atom stereocenters. The first-order valence-electron chi connectivity index (χ1n) is 6.59. The van der Waals surface area contributed by atoms with Gasteiger partial charge in [0, 0.05) is 22.6 Å². The molecule has 19 heavy (non-hydrogen) atoms. The van der Waals surface area contributed by atoms with E-state index in [2.05, 4.69) is 32.2 Å². The third kappa shape index (κ3) is 3.64. The van der Waals surface area contributed by atoms with Crippen LogP contribution in [0, 0.1) is 11.8 Å². The Bertz CT molecular complexity index is 441. The summed E-state index contributed by atoms with van der Waals surface area (Å²) in [5.41, 5.74) is 1.23. The number of likely N-dealkylation sites (tertiary alicyclic amines) is 1. The first kappa shape index (κ1) is 15.6. The lowest BCUT2D eigenvalue weighted by atomic mass is 9.88. The second-order valence-corrected chi connectivity index (χ2v) is 6.76. The van der Waals surface area contributed by atoms with Gasteiger partial charge in [0.1, 0.15) is 0 Å². The fraction of sp³-hybridized carbons (Fsp3) is 0.571. The Labute approximate surface area is 134 Å². The van der Waals surface area contributed by atoms with Crippen molar-refractivity contribution >= 4 is 39.9 Å². The largest absolute Gasteiger partial charge is 0.316 e. The van der Waals surface area contributed by atoms with E-state index in [0.29, 0.717) is 0 Å². The highest BCUT2D eigenvalue weighted by molar-refractivity contribution is 9.10. The average molecular weight is 366 g/mol. The van der Waals surface area contributed by atoms with Crippen LogP contribution in [0.15, 0.2) is 22.7 Å². The number of piperidine rings is 1. The molecule has 5 heteroatoms. The van der Waals surface area contributed by atoms with E-state index in [-0.39, 0.29) is 12.4 Å². The summed E-state index contributed by atoms with van der Waals surface area (Å²) in [5, 5.41) is 4.39. The van der Waals surface area contributed by atoms with Crippen molar-refractivity contribution < 1.29 is 0 Å². The molecule has 0 bridgehead atoms. The smallest absolute Gasteiger partial charge is 0.0451 e. The molecule has 0 amide bonds. The lowest BCUT2D eigenvalue weighted by molar-refractivity contribution is 0.142. The number of rotatable bonds is 2. The Balaban J connectivity index is 0.00000133. The molecule has 2 fully saturated rings. The van der Waals surface area contributed by atoms with Gasteiger partial charge in [-0.25, -0.2) is 0 Å². The van der Waals surface area contributed by atoms with Crippen molar-refractivity contribution in [3.8, 4) is 0 Å². The molecular weight excluding hydrogens is 347 g/mol. The normalized spacial score (nSPS) is 26.8. The van der Waals surface area contributed by atoms with Gasteiger partial charge in [0.2, 0.25) is 0 Å². The molecule has 2 nitrogen and oxygen atoms in total. The van der Waals surface area contributed by atoms with Crippen LogP contribution in [0.2, 0.25) is 5.02 Å². The number of halogens is 3. The van der Waals surface area contributed by atoms with E-state index in [4.69, 9.17) is 11.6 Å². The third-order valence-corrected chi connectivity index (χ3v) is 5.05. The topological polar surface area (TPSA) is 15.3 Å². The molecule has 2 saturated heterocycles. The summed E-state index contributed by atoms with van der Waals surface area (Å²) >= 11 is 9.79. The zero-order chi connectivity index (χ0) is 12.5. The highest BCUT2D eigenvalue weighted by Crippen LogP contribution is 2.29. The second-order valence-electron chi connectivity index (χ2n) is 5.44. The zero-order valence-electron chi connectivity index (χ0n) is 10.7. The molecule has 3 rings (SSSR count). The first-order valence-corrected chi connectivity index (χ1v) is 7.76. The van der Waals surface area contributed by atoms with Gasteiger partial charge in [-0.1, -0.05) is 27.5 Å². The van der Waals surface area contributed by atoms with Crippen molar-refractivity contribution in [2.75, 3.05) is 26.2 Å². The predicted molar refractivity (Wildman–Crippen MR) is 86.1 cm³/mol. The van der Waals surface area contributed by atoms with E-state index in [1.165, 1.54) is 38.2 Å². The van der Waals surface area contributed by atoms with Crippen molar-refractivity contribution in [2.24, 2.45) is 11.8 Å². The molecule has 2 aliphatic heterocycles. The summed E-state index contributed by atoms with van der Waals surface area (Å²) in [5.74, 6) is 1.74. The number of nitrogens with zero attached hydrogens (tertiary/aromatic N) is 1. The summed E-state index contributed by atoms with van der Waals surface area (Å²) in [7, 11) is 0. The Morgan fingerprint density at radius 2 is 2.11 bits per heavy atom. The van der Waals surface area contributed by atoms with Gasteiger partial charge >= 0.3 is 0 Å². The molecule has 0 saturated carbocycles. The second kappa shape index (κ2) is 6.77. The first-order chi connectivity index (χ1) is 8.72. The van der Waals surface area contributed by atoms with Crippen molar-refractivity contribution in [1.29, 1.82) is 0 Å². The summed E-state index contributed by atoms with van der Waals surface area (Å²) in [6.45, 7) is 5.79. The molecular formula is C14H19BrCl2N2. The maximum Gasteiger partial charge on any atom is 0.0451 e. The maximum absolute atomic E-state index is 6.27. The summed E-state index contributed by atoms with van der Waals surface area (Å²) < 4.78 is 1.11. The molecule has 2 aliphatic rings. The average Bonchev–Trinajstić information content (AvgIpc) is 2.81. The highest BCUT2D eigenvalue weighted by atomic mass is 79.9. The Morgan fingerprint density at radius 1 is 1.32 bits per heavy atom. The van der Waals surface area contributed by atoms with Gasteiger partial charge in [0.25, 0.3) is 0 Å². The predicted octanol–water partition coefficient (Wildman–Crippen LogP) is 3.57. The third-order valence-electron chi connectivity index (χ3n) is 4.19. The van der Waals surface area contributed by atoms with Crippen molar-refractivity contribution in [3.63, 3.8) is 0 Å². The minimum atomic E-state index is 0. The van der Waals surface area contributed by atoms with Crippen LogP contribution in [0.5, 0.6) is 0 Å². The van der Waals surface area contributed by atoms with E-state index in [0.717, 1.165) is 27.9 Å². The van der Waals surface area contributed by atoms with Gasteiger partial charge in [-0.15, -0.1) is 12.4 Å². The van der Waals surface area contributed by atoms with Gasteiger partial charge in [0.05, 0.1) is 0 Å². The van der Waals surface area contributed by atoms with Crippen LogP contribution in [-0.4, -0.2) is 31.1 Å². The van der Waals surface area contributed by atoms with Crippen molar-refractivity contribution in [3.05, 3.63) is 33.3 Å². The molecule has 1 N–H and O–H groups in total. The van der Waals surface area contributed by atoms with Crippen LogP contribution in [0.1, 0.15) is 12.0 Å². The number of fused-ring (bicyclic) bond motifs is 1. The standard InChI is InChI=1S/C14H18BrClN2.ClH/c15-13-1-2-14(16)11(5-13)8-18-4-3-10-6-17-7-12(10)9-18;/h1-2,5,10,12,17H,3-4,6-9H2;1H. The molecule has 106 valence electrons. The Hall–Kier alpha value is 0.200. The number of hydrogen-bond donors (Lipinski definition) is 1. The van der Waals surface area contributed by atoms with Gasteiger partial charge in [-0.3, -0.25) is 4.90 Å². The molecule has 0 aromatic heterocycles. The lowest BCUT2D eigenvalue weighted by Crippen LogP contribution is -2.39. The Morgan fingerprint density at radius 3 is 2.95 bits per heavy atom. The van der Waals surface area contributed by atoms with Crippen LogP contribution in [-0.2, 0) is 6.54 Å². The molecule has 0 aliphatic carbocycles. The zero-order valence-corrected chi connectivity index (χ0v) is 13.9. The minimum absolute atomic E-state index is 0.